The molecule has 0 aromatic heterocycles. The van der Waals surface area contributed by atoms with Gasteiger partial charge in [0.05, 0.1) is 18.9 Å². The summed E-state index contributed by atoms with van der Waals surface area (Å²) in [4.78, 5) is 30.3. The van der Waals surface area contributed by atoms with Gasteiger partial charge in [0.1, 0.15) is 0 Å². The SMILES string of the molecule is CCC(C)(C)C(=O)OC.CCCCCCCCCCCCCN.O=C(Cl)CC(=O)Cl. The van der Waals surface area contributed by atoms with Crippen molar-refractivity contribution in [3.63, 3.8) is 0 Å². The van der Waals surface area contributed by atoms with E-state index in [2.05, 4.69) is 11.7 Å². The van der Waals surface area contributed by atoms with E-state index in [1.54, 1.807) is 0 Å². The second-order valence-corrected chi connectivity index (χ2v) is 8.78. The minimum Gasteiger partial charge on any atom is -0.469 e. The Morgan fingerprint density at radius 1 is 0.767 bits per heavy atom. The second-order valence-electron chi connectivity index (χ2n) is 7.94. The third-order valence-corrected chi connectivity index (χ3v) is 4.97. The average molecular weight is 471 g/mol. The molecule has 0 aliphatic heterocycles. The number of esters is 1. The van der Waals surface area contributed by atoms with Crippen molar-refractivity contribution in [3.8, 4) is 0 Å². The molecule has 0 aliphatic carbocycles. The third kappa shape index (κ3) is 29.6. The predicted molar refractivity (Wildman–Crippen MR) is 128 cm³/mol. The Labute approximate surface area is 194 Å². The summed E-state index contributed by atoms with van der Waals surface area (Å²) in [5.74, 6) is -0.134. The largest absolute Gasteiger partial charge is 0.469 e. The van der Waals surface area contributed by atoms with Crippen LogP contribution in [0.3, 0.4) is 0 Å². The van der Waals surface area contributed by atoms with Crippen LogP contribution >= 0.6 is 23.2 Å². The highest BCUT2D eigenvalue weighted by Crippen LogP contribution is 2.20. The van der Waals surface area contributed by atoms with Crippen molar-refractivity contribution >= 4 is 39.7 Å². The monoisotopic (exact) mass is 469 g/mol. The highest BCUT2D eigenvalue weighted by atomic mass is 35.5. The summed E-state index contributed by atoms with van der Waals surface area (Å²) in [6.45, 7) is 8.86. The van der Waals surface area contributed by atoms with Gasteiger partial charge in [-0.05, 0) is 56.4 Å². The molecule has 0 rings (SSSR count). The van der Waals surface area contributed by atoms with Crippen molar-refractivity contribution < 1.29 is 19.1 Å². The van der Waals surface area contributed by atoms with Gasteiger partial charge in [0.25, 0.3) is 0 Å². The first-order chi connectivity index (χ1) is 14.1. The fourth-order valence-corrected chi connectivity index (χ4v) is 2.65. The number of carbonyl (C=O) groups is 3. The fourth-order valence-electron chi connectivity index (χ4n) is 2.34. The van der Waals surface area contributed by atoms with Gasteiger partial charge >= 0.3 is 5.97 Å². The first-order valence-electron chi connectivity index (χ1n) is 11.2. The fraction of sp³-hybridized carbons (Fsp3) is 0.870. The number of rotatable bonds is 15. The number of hydrogen-bond donors (Lipinski definition) is 1. The molecule has 0 bridgehead atoms. The Morgan fingerprint density at radius 2 is 1.13 bits per heavy atom. The molecule has 180 valence electrons. The molecular weight excluding hydrogens is 425 g/mol. The summed E-state index contributed by atoms with van der Waals surface area (Å²) in [7, 11) is 1.42. The summed E-state index contributed by atoms with van der Waals surface area (Å²) in [6.07, 6.45) is 15.8. The molecule has 0 aromatic carbocycles. The standard InChI is InChI=1S/C13H29N.C7H14O2.C3H2Cl2O2/c1-2-3-4-5-6-7-8-9-10-11-12-13-14;1-5-7(2,3)6(8)9-4;4-2(6)1-3(5)7/h2-14H2,1H3;5H2,1-4H3;1H2. The molecule has 0 saturated heterocycles. The summed E-state index contributed by atoms with van der Waals surface area (Å²) >= 11 is 9.46. The molecule has 2 N–H and O–H groups in total. The van der Waals surface area contributed by atoms with Crippen LogP contribution < -0.4 is 5.73 Å². The zero-order valence-electron chi connectivity index (χ0n) is 19.9. The van der Waals surface area contributed by atoms with Crippen LogP contribution in [0.25, 0.3) is 0 Å². The molecule has 0 fully saturated rings. The summed E-state index contributed by atoms with van der Waals surface area (Å²) in [6, 6.07) is 0. The van der Waals surface area contributed by atoms with Crippen molar-refractivity contribution in [1.82, 2.24) is 0 Å². The normalized spacial score (nSPS) is 10.3. The second kappa shape index (κ2) is 24.6. The zero-order chi connectivity index (χ0) is 23.8. The first-order valence-corrected chi connectivity index (χ1v) is 12.0. The van der Waals surface area contributed by atoms with Crippen molar-refractivity contribution in [2.45, 2.75) is 111 Å². The molecule has 0 aliphatic rings. The molecule has 0 unspecified atom stereocenters. The molecule has 0 spiro atoms. The summed E-state index contributed by atoms with van der Waals surface area (Å²) in [5, 5.41) is -1.44. The minimum atomic E-state index is -0.722. The van der Waals surface area contributed by atoms with Crippen molar-refractivity contribution in [2.75, 3.05) is 13.7 Å². The van der Waals surface area contributed by atoms with Gasteiger partial charge in [-0.1, -0.05) is 78.1 Å². The molecule has 0 saturated carbocycles. The van der Waals surface area contributed by atoms with E-state index >= 15 is 0 Å². The molecular formula is C23H45Cl2NO4. The van der Waals surface area contributed by atoms with Crippen LogP contribution in [-0.4, -0.2) is 30.1 Å². The predicted octanol–water partition coefficient (Wildman–Crippen LogP) is 6.76. The number of halogens is 2. The van der Waals surface area contributed by atoms with Crippen molar-refractivity contribution in [1.29, 1.82) is 0 Å². The van der Waals surface area contributed by atoms with E-state index in [-0.39, 0.29) is 17.8 Å². The lowest BCUT2D eigenvalue weighted by Gasteiger charge is -2.17. The molecule has 7 heteroatoms. The molecule has 30 heavy (non-hydrogen) atoms. The molecule has 0 amide bonds. The Morgan fingerprint density at radius 3 is 1.33 bits per heavy atom. The lowest BCUT2D eigenvalue weighted by atomic mass is 9.91. The third-order valence-electron chi connectivity index (χ3n) is 4.71. The Kier molecular flexibility index (Phi) is 27.9. The Bertz CT molecular complexity index is 405. The number of carbonyl (C=O) groups excluding carboxylic acids is 3. The van der Waals surface area contributed by atoms with E-state index in [4.69, 9.17) is 28.9 Å². The zero-order valence-corrected chi connectivity index (χ0v) is 21.4. The number of nitrogens with two attached hydrogens (primary N) is 1. The maximum atomic E-state index is 10.8. The van der Waals surface area contributed by atoms with Crippen molar-refractivity contribution in [3.05, 3.63) is 0 Å². The Balaban J connectivity index is -0.000000393. The number of hydrogen-bond acceptors (Lipinski definition) is 5. The lowest BCUT2D eigenvalue weighted by molar-refractivity contribution is -0.150. The van der Waals surface area contributed by atoms with Crippen LogP contribution in [0.4, 0.5) is 0 Å². The maximum Gasteiger partial charge on any atom is 0.311 e. The van der Waals surface area contributed by atoms with Gasteiger partial charge < -0.3 is 10.5 Å². The van der Waals surface area contributed by atoms with Crippen LogP contribution in [0, 0.1) is 5.41 Å². The van der Waals surface area contributed by atoms with Gasteiger partial charge in [-0.15, -0.1) is 0 Å². The minimum absolute atomic E-state index is 0.134. The smallest absolute Gasteiger partial charge is 0.311 e. The van der Waals surface area contributed by atoms with E-state index in [1.807, 2.05) is 20.8 Å². The topological polar surface area (TPSA) is 86.5 Å². The average Bonchev–Trinajstić information content (AvgIpc) is 2.68. The van der Waals surface area contributed by atoms with Crippen molar-refractivity contribution in [2.24, 2.45) is 11.1 Å². The van der Waals surface area contributed by atoms with Gasteiger partial charge in [-0.25, -0.2) is 0 Å². The Hall–Kier alpha value is -0.650. The number of ether oxygens (including phenoxy) is 1. The quantitative estimate of drug-likeness (QED) is 0.124. The number of methoxy groups -OCH3 is 1. The highest BCUT2D eigenvalue weighted by Gasteiger charge is 2.25. The van der Waals surface area contributed by atoms with Crippen LogP contribution in [0.5, 0.6) is 0 Å². The van der Waals surface area contributed by atoms with Crippen LogP contribution in [0.15, 0.2) is 0 Å². The van der Waals surface area contributed by atoms with E-state index in [0.29, 0.717) is 0 Å². The molecule has 5 nitrogen and oxygen atoms in total. The summed E-state index contributed by atoms with van der Waals surface area (Å²) in [5.41, 5.74) is 5.13. The first kappa shape index (κ1) is 34.0. The van der Waals surface area contributed by atoms with Crippen LogP contribution in [-0.2, 0) is 19.1 Å². The van der Waals surface area contributed by atoms with E-state index < -0.39 is 10.5 Å². The van der Waals surface area contributed by atoms with Crippen LogP contribution in [0.2, 0.25) is 0 Å². The van der Waals surface area contributed by atoms with Gasteiger partial charge in [0.15, 0.2) is 0 Å². The highest BCUT2D eigenvalue weighted by molar-refractivity contribution is 6.72. The molecule has 0 aromatic rings. The maximum absolute atomic E-state index is 10.8. The van der Waals surface area contributed by atoms with E-state index in [0.717, 1.165) is 13.0 Å². The molecule has 0 atom stereocenters. The summed E-state index contributed by atoms with van der Waals surface area (Å²) < 4.78 is 4.57. The van der Waals surface area contributed by atoms with Gasteiger partial charge in [-0.3, -0.25) is 14.4 Å². The van der Waals surface area contributed by atoms with E-state index in [9.17, 15) is 14.4 Å². The van der Waals surface area contributed by atoms with Gasteiger partial charge in [0.2, 0.25) is 10.5 Å². The van der Waals surface area contributed by atoms with E-state index in [1.165, 1.54) is 77.7 Å². The lowest BCUT2D eigenvalue weighted by Crippen LogP contribution is -2.24. The number of unbranched alkanes of at least 4 members (excludes halogenated alkanes) is 10. The van der Waals surface area contributed by atoms with Gasteiger partial charge in [0, 0.05) is 0 Å². The van der Waals surface area contributed by atoms with Gasteiger partial charge in [-0.2, -0.15) is 0 Å². The molecule has 0 radical (unpaired) electrons. The molecule has 0 heterocycles. The van der Waals surface area contributed by atoms with Crippen LogP contribution in [0.1, 0.15) is 111 Å².